The molecule has 1 unspecified atom stereocenters. The molecule has 0 spiro atoms. The Morgan fingerprint density at radius 2 is 1.66 bits per heavy atom. The minimum atomic E-state index is -1.04. The zero-order valence-corrected chi connectivity index (χ0v) is 23.9. The van der Waals surface area contributed by atoms with Crippen molar-refractivity contribution >= 4 is 5.91 Å². The summed E-state index contributed by atoms with van der Waals surface area (Å²) in [6.45, 7) is 8.56. The molecular formula is C33H36F2N4O2. The molecule has 4 rings (SSSR count). The van der Waals surface area contributed by atoms with Gasteiger partial charge in [-0.2, -0.15) is 0 Å². The number of amides is 1. The van der Waals surface area contributed by atoms with Gasteiger partial charge in [0, 0.05) is 12.1 Å². The number of aryl methyl sites for hydroxylation is 2. The van der Waals surface area contributed by atoms with Crippen LogP contribution in [0.2, 0.25) is 0 Å². The van der Waals surface area contributed by atoms with E-state index in [0.717, 1.165) is 23.3 Å². The van der Waals surface area contributed by atoms with Crippen LogP contribution >= 0.6 is 0 Å². The second-order valence-corrected chi connectivity index (χ2v) is 10.6. The maximum atomic E-state index is 14.2. The number of rotatable bonds is 10. The van der Waals surface area contributed by atoms with Crippen LogP contribution in [0.1, 0.15) is 59.3 Å². The van der Waals surface area contributed by atoms with E-state index in [-0.39, 0.29) is 29.5 Å². The highest BCUT2D eigenvalue weighted by atomic mass is 19.2. The number of carbonyl (C=O) groups is 1. The van der Waals surface area contributed by atoms with Crippen LogP contribution in [0.4, 0.5) is 8.78 Å². The topological polar surface area (TPSA) is 81.2 Å². The van der Waals surface area contributed by atoms with Gasteiger partial charge >= 0.3 is 0 Å². The van der Waals surface area contributed by atoms with Crippen LogP contribution in [0.3, 0.4) is 0 Å². The summed E-state index contributed by atoms with van der Waals surface area (Å²) < 4.78 is 29.5. The lowest BCUT2D eigenvalue weighted by molar-refractivity contribution is 0.0602. The fraction of sp³-hybridized carbons (Fsp3) is 0.303. The van der Waals surface area contributed by atoms with E-state index >= 15 is 0 Å². The summed E-state index contributed by atoms with van der Waals surface area (Å²) in [4.78, 5) is 34.9. The van der Waals surface area contributed by atoms with Crippen molar-refractivity contribution in [2.45, 2.75) is 46.7 Å². The Kier molecular flexibility index (Phi) is 9.45. The average molecular weight is 559 g/mol. The normalized spacial score (nSPS) is 12.0. The highest BCUT2D eigenvalue weighted by Crippen LogP contribution is 2.31. The van der Waals surface area contributed by atoms with Gasteiger partial charge in [-0.15, -0.1) is 0 Å². The maximum Gasteiger partial charge on any atom is 0.262 e. The first-order valence-electron chi connectivity index (χ1n) is 13.8. The third-order valence-electron chi connectivity index (χ3n) is 7.17. The largest absolute Gasteiger partial charge is 0.330 e. The molecule has 1 heterocycles. The molecule has 0 fully saturated rings. The zero-order valence-electron chi connectivity index (χ0n) is 23.9. The summed E-state index contributed by atoms with van der Waals surface area (Å²) in [5.41, 5.74) is 8.70. The van der Waals surface area contributed by atoms with Crippen molar-refractivity contribution in [1.82, 2.24) is 14.5 Å². The summed E-state index contributed by atoms with van der Waals surface area (Å²) in [7, 11) is 0. The molecule has 0 aliphatic carbocycles. The third kappa shape index (κ3) is 6.60. The molecule has 6 nitrogen and oxygen atoms in total. The van der Waals surface area contributed by atoms with Crippen molar-refractivity contribution in [3.63, 3.8) is 0 Å². The molecule has 4 aromatic rings. The van der Waals surface area contributed by atoms with E-state index in [9.17, 15) is 18.4 Å². The molecule has 1 aromatic heterocycles. The smallest absolute Gasteiger partial charge is 0.262 e. The number of nitrogens with zero attached hydrogens (tertiary/aromatic N) is 3. The Morgan fingerprint density at radius 1 is 0.976 bits per heavy atom. The molecule has 41 heavy (non-hydrogen) atoms. The number of halogens is 2. The van der Waals surface area contributed by atoms with Gasteiger partial charge < -0.3 is 10.6 Å². The zero-order chi connectivity index (χ0) is 29.7. The van der Waals surface area contributed by atoms with Gasteiger partial charge in [-0.3, -0.25) is 14.2 Å². The maximum absolute atomic E-state index is 14.2. The quantitative estimate of drug-likeness (QED) is 0.257. The molecule has 0 radical (unpaired) electrons. The van der Waals surface area contributed by atoms with Gasteiger partial charge in [0.2, 0.25) is 0 Å². The van der Waals surface area contributed by atoms with E-state index in [4.69, 9.17) is 10.7 Å². The molecule has 0 aliphatic heterocycles. The van der Waals surface area contributed by atoms with Crippen LogP contribution in [0, 0.1) is 31.4 Å². The first kappa shape index (κ1) is 29.8. The van der Waals surface area contributed by atoms with Crippen molar-refractivity contribution in [2.75, 3.05) is 13.1 Å². The SMILES string of the molecule is Cc1ccc(C(=O)N(CCCN)C(c2nc(C)c(-c3ccc(F)c(F)c3)c(=O)n2Cc2ccccc2)C(C)C)cc1. The van der Waals surface area contributed by atoms with Crippen molar-refractivity contribution in [3.05, 3.63) is 123 Å². The lowest BCUT2D eigenvalue weighted by Gasteiger charge is -2.36. The number of carbonyl (C=O) groups excluding carboxylic acids is 1. The van der Waals surface area contributed by atoms with E-state index in [2.05, 4.69) is 0 Å². The molecule has 0 saturated carbocycles. The summed E-state index contributed by atoms with van der Waals surface area (Å²) in [6, 6.07) is 19.7. The van der Waals surface area contributed by atoms with Crippen LogP contribution in [0.15, 0.2) is 77.6 Å². The Labute approximate surface area is 239 Å². The van der Waals surface area contributed by atoms with Crippen molar-refractivity contribution in [3.8, 4) is 11.1 Å². The van der Waals surface area contributed by atoms with E-state index in [0.29, 0.717) is 36.6 Å². The molecule has 0 saturated heterocycles. The first-order valence-corrected chi connectivity index (χ1v) is 13.8. The van der Waals surface area contributed by atoms with Gasteiger partial charge in [-0.25, -0.2) is 13.8 Å². The number of hydrogen-bond acceptors (Lipinski definition) is 4. The number of aromatic nitrogens is 2. The van der Waals surface area contributed by atoms with Crippen LogP contribution in [-0.2, 0) is 6.54 Å². The molecular weight excluding hydrogens is 522 g/mol. The molecule has 214 valence electrons. The summed E-state index contributed by atoms with van der Waals surface area (Å²) in [5, 5.41) is 0. The molecule has 1 atom stereocenters. The second-order valence-electron chi connectivity index (χ2n) is 10.6. The fourth-order valence-corrected chi connectivity index (χ4v) is 5.10. The Bertz CT molecular complexity index is 1570. The molecule has 3 aromatic carbocycles. The van der Waals surface area contributed by atoms with Crippen LogP contribution in [0.5, 0.6) is 0 Å². The predicted octanol–water partition coefficient (Wildman–Crippen LogP) is 6.04. The molecule has 1 amide bonds. The van der Waals surface area contributed by atoms with Gasteiger partial charge in [-0.1, -0.05) is 67.9 Å². The monoisotopic (exact) mass is 558 g/mol. The lowest BCUT2D eigenvalue weighted by Crippen LogP contribution is -2.42. The summed E-state index contributed by atoms with van der Waals surface area (Å²) >= 11 is 0. The third-order valence-corrected chi connectivity index (χ3v) is 7.17. The lowest BCUT2D eigenvalue weighted by atomic mass is 9.97. The van der Waals surface area contributed by atoms with E-state index in [1.165, 1.54) is 6.07 Å². The Hall–Kier alpha value is -4.17. The van der Waals surface area contributed by atoms with Crippen LogP contribution < -0.4 is 11.3 Å². The van der Waals surface area contributed by atoms with Gasteiger partial charge in [0.25, 0.3) is 11.5 Å². The first-order chi connectivity index (χ1) is 19.6. The standard InChI is InChI=1S/C33H36F2N4O2/c1-21(2)30(38(18-8-17-36)32(40)25-13-11-22(3)12-14-25)31-37-23(4)29(26-15-16-27(34)28(35)19-26)33(41)39(31)20-24-9-6-5-7-10-24/h5-7,9-16,19,21,30H,8,17-18,20,36H2,1-4H3. The van der Waals surface area contributed by atoms with Gasteiger partial charge in [0.05, 0.1) is 23.8 Å². The van der Waals surface area contributed by atoms with Gasteiger partial charge in [0.1, 0.15) is 5.82 Å². The second kappa shape index (κ2) is 13.0. The molecule has 0 bridgehead atoms. The fourth-order valence-electron chi connectivity index (χ4n) is 5.10. The van der Waals surface area contributed by atoms with Crippen molar-refractivity contribution in [2.24, 2.45) is 11.7 Å². The van der Waals surface area contributed by atoms with Gasteiger partial charge in [-0.05, 0) is 68.1 Å². The Balaban J connectivity index is 1.95. The molecule has 8 heteroatoms. The predicted molar refractivity (Wildman–Crippen MR) is 158 cm³/mol. The van der Waals surface area contributed by atoms with Crippen LogP contribution in [0.25, 0.3) is 11.1 Å². The van der Waals surface area contributed by atoms with E-state index in [1.807, 2.05) is 63.2 Å². The van der Waals surface area contributed by atoms with Crippen molar-refractivity contribution in [1.29, 1.82) is 0 Å². The molecule has 2 N–H and O–H groups in total. The Morgan fingerprint density at radius 3 is 2.27 bits per heavy atom. The van der Waals surface area contributed by atoms with Crippen LogP contribution in [-0.4, -0.2) is 33.4 Å². The number of nitrogens with two attached hydrogens (primary N) is 1. The van der Waals surface area contributed by atoms with Gasteiger partial charge in [0.15, 0.2) is 11.6 Å². The highest BCUT2D eigenvalue weighted by Gasteiger charge is 2.33. The highest BCUT2D eigenvalue weighted by molar-refractivity contribution is 5.94. The van der Waals surface area contributed by atoms with E-state index < -0.39 is 23.2 Å². The summed E-state index contributed by atoms with van der Waals surface area (Å²) in [6.07, 6.45) is 0.565. The minimum Gasteiger partial charge on any atom is -0.330 e. The number of benzene rings is 3. The van der Waals surface area contributed by atoms with Crippen molar-refractivity contribution < 1.29 is 13.6 Å². The minimum absolute atomic E-state index is 0.121. The van der Waals surface area contributed by atoms with E-state index in [1.54, 1.807) is 28.5 Å². The average Bonchev–Trinajstić information content (AvgIpc) is 2.95. The number of hydrogen-bond donors (Lipinski definition) is 1. The molecule has 0 aliphatic rings. The summed E-state index contributed by atoms with van der Waals surface area (Å²) in [5.74, 6) is -1.91.